The predicted octanol–water partition coefficient (Wildman–Crippen LogP) is 2.89. The van der Waals surface area contributed by atoms with Crippen LogP contribution >= 0.6 is 37.2 Å². The van der Waals surface area contributed by atoms with Crippen LogP contribution in [0.3, 0.4) is 0 Å². The van der Waals surface area contributed by atoms with Crippen LogP contribution in [0.4, 0.5) is 0 Å². The van der Waals surface area contributed by atoms with Gasteiger partial charge in [-0.3, -0.25) is 4.90 Å². The van der Waals surface area contributed by atoms with Crippen LogP contribution < -0.4 is 5.32 Å². The second-order valence-corrected chi connectivity index (χ2v) is 4.94. The molecule has 2 aliphatic heterocycles. The normalized spacial score (nSPS) is 20.2. The Kier molecular flexibility index (Phi) is 7.57. The molecule has 0 aliphatic carbocycles. The predicted molar refractivity (Wildman–Crippen MR) is 83.4 cm³/mol. The Labute approximate surface area is 128 Å². The van der Waals surface area contributed by atoms with Gasteiger partial charge in [0.05, 0.1) is 0 Å². The zero-order valence-electron chi connectivity index (χ0n) is 10.3. The molecule has 0 atom stereocenters. The van der Waals surface area contributed by atoms with Crippen molar-refractivity contribution in [3.05, 3.63) is 35.9 Å². The number of hydrogen-bond acceptors (Lipinski definition) is 2. The van der Waals surface area contributed by atoms with E-state index >= 15 is 0 Å². The summed E-state index contributed by atoms with van der Waals surface area (Å²) in [7, 11) is 0. The lowest BCUT2D eigenvalue weighted by molar-refractivity contribution is 0.0486. The van der Waals surface area contributed by atoms with Gasteiger partial charge >= 0.3 is 0 Å². The molecule has 3 rings (SSSR count). The maximum absolute atomic E-state index is 3.64. The third kappa shape index (κ3) is 3.75. The minimum atomic E-state index is 0. The quantitative estimate of drug-likeness (QED) is 0.903. The largest absolute Gasteiger partial charge is 0.309 e. The highest BCUT2D eigenvalue weighted by Crippen LogP contribution is 2.30. The van der Waals surface area contributed by atoms with E-state index in [0.717, 1.165) is 6.54 Å². The van der Waals surface area contributed by atoms with Crippen LogP contribution in [0.15, 0.2) is 30.3 Å². The summed E-state index contributed by atoms with van der Waals surface area (Å²) in [6.45, 7) is 4.81. The third-order valence-corrected chi connectivity index (χ3v) is 3.63. The summed E-state index contributed by atoms with van der Waals surface area (Å²) in [6.07, 6.45) is 2.73. The van der Waals surface area contributed by atoms with Gasteiger partial charge in [-0.1, -0.05) is 30.3 Å². The Morgan fingerprint density at radius 2 is 1.72 bits per heavy atom. The lowest BCUT2D eigenvalue weighted by Gasteiger charge is -2.48. The fourth-order valence-corrected chi connectivity index (χ4v) is 2.90. The Morgan fingerprint density at radius 1 is 1.06 bits per heavy atom. The fraction of sp³-hybridized carbons (Fsp3) is 0.538. The third-order valence-electron chi connectivity index (χ3n) is 3.63. The second-order valence-electron chi connectivity index (χ2n) is 4.94. The maximum Gasteiger partial charge on any atom is 0.0438 e. The van der Waals surface area contributed by atoms with Gasteiger partial charge in [0.1, 0.15) is 0 Å². The minimum Gasteiger partial charge on any atom is -0.309 e. The smallest absolute Gasteiger partial charge is 0.0438 e. The van der Waals surface area contributed by atoms with Crippen molar-refractivity contribution in [1.29, 1.82) is 0 Å². The molecule has 104 valence electrons. The van der Waals surface area contributed by atoms with Gasteiger partial charge in [-0.15, -0.1) is 37.2 Å². The van der Waals surface area contributed by atoms with Gasteiger partial charge in [-0.25, -0.2) is 0 Å². The first-order chi connectivity index (χ1) is 7.36. The van der Waals surface area contributed by atoms with E-state index in [1.165, 1.54) is 38.0 Å². The van der Waals surface area contributed by atoms with Crippen LogP contribution in [-0.4, -0.2) is 30.1 Å². The second kappa shape index (κ2) is 7.56. The molecule has 0 radical (unpaired) electrons. The highest BCUT2D eigenvalue weighted by molar-refractivity contribution is 5.86. The number of nitrogens with one attached hydrogen (secondary N) is 1. The first-order valence-electron chi connectivity index (χ1n) is 5.88. The summed E-state index contributed by atoms with van der Waals surface area (Å²) in [4.78, 5) is 2.54. The van der Waals surface area contributed by atoms with Crippen molar-refractivity contribution in [1.82, 2.24) is 10.2 Å². The molecule has 0 aromatic heterocycles. The molecule has 2 heterocycles. The van der Waals surface area contributed by atoms with Gasteiger partial charge in [0, 0.05) is 25.2 Å². The van der Waals surface area contributed by atoms with E-state index < -0.39 is 0 Å². The lowest BCUT2D eigenvalue weighted by Crippen LogP contribution is -2.66. The van der Waals surface area contributed by atoms with E-state index in [4.69, 9.17) is 0 Å². The Hall–Kier alpha value is 0.01000. The maximum atomic E-state index is 3.64. The number of hydrogen-bond donors (Lipinski definition) is 1. The van der Waals surface area contributed by atoms with Crippen molar-refractivity contribution in [2.75, 3.05) is 19.6 Å². The Balaban J connectivity index is 0.000000963. The van der Waals surface area contributed by atoms with Crippen molar-refractivity contribution in [2.45, 2.75) is 24.9 Å². The summed E-state index contributed by atoms with van der Waals surface area (Å²) < 4.78 is 0. The van der Waals surface area contributed by atoms with E-state index in [1.54, 1.807) is 0 Å². The van der Waals surface area contributed by atoms with Crippen LogP contribution in [0.25, 0.3) is 0 Å². The average Bonchev–Trinajstić information content (AvgIpc) is 2.68. The monoisotopic (exact) mass is 310 g/mol. The van der Waals surface area contributed by atoms with Crippen LogP contribution in [-0.2, 0) is 6.54 Å². The van der Waals surface area contributed by atoms with E-state index in [2.05, 4.69) is 40.5 Å². The van der Waals surface area contributed by atoms with Crippen molar-refractivity contribution in [2.24, 2.45) is 0 Å². The topological polar surface area (TPSA) is 15.3 Å². The van der Waals surface area contributed by atoms with Crippen LogP contribution in [0, 0.1) is 0 Å². The van der Waals surface area contributed by atoms with Crippen LogP contribution in [0.5, 0.6) is 0 Å². The van der Waals surface area contributed by atoms with Crippen molar-refractivity contribution >= 4 is 37.2 Å². The Bertz CT molecular complexity index is 331. The molecule has 2 aliphatic rings. The van der Waals surface area contributed by atoms with Gasteiger partial charge in [0.2, 0.25) is 0 Å². The Morgan fingerprint density at radius 3 is 2.28 bits per heavy atom. The first-order valence-corrected chi connectivity index (χ1v) is 5.88. The molecule has 0 amide bonds. The molecule has 1 N–H and O–H groups in total. The number of nitrogens with zero attached hydrogens (tertiary/aromatic N) is 1. The summed E-state index contributed by atoms with van der Waals surface area (Å²) in [5.74, 6) is 0. The highest BCUT2D eigenvalue weighted by atomic mass is 35.5. The van der Waals surface area contributed by atoms with E-state index in [-0.39, 0.29) is 37.2 Å². The average molecular weight is 312 g/mol. The molecular formula is C13H21Cl3N2. The summed E-state index contributed by atoms with van der Waals surface area (Å²) in [5, 5.41) is 3.64. The van der Waals surface area contributed by atoms with Crippen LogP contribution in [0.2, 0.25) is 0 Å². The molecule has 2 nitrogen and oxygen atoms in total. The van der Waals surface area contributed by atoms with Crippen LogP contribution in [0.1, 0.15) is 18.4 Å². The van der Waals surface area contributed by atoms with Gasteiger partial charge in [-0.05, 0) is 24.9 Å². The molecule has 1 spiro atoms. The zero-order chi connectivity index (χ0) is 10.1. The minimum absolute atomic E-state index is 0. The molecular weight excluding hydrogens is 291 g/mol. The molecule has 1 aromatic rings. The first kappa shape index (κ1) is 18.0. The molecule has 1 aromatic carbocycles. The number of rotatable bonds is 2. The molecule has 0 unspecified atom stereocenters. The molecule has 0 bridgehead atoms. The molecule has 0 saturated carbocycles. The SMILES string of the molecule is Cl.Cl.Cl.c1ccc(CN2CC3(CCCN3)C2)cc1. The molecule has 2 saturated heterocycles. The number of halogens is 3. The summed E-state index contributed by atoms with van der Waals surface area (Å²) in [5.41, 5.74) is 1.93. The van der Waals surface area contributed by atoms with Crippen molar-refractivity contribution in [3.63, 3.8) is 0 Å². The number of likely N-dealkylation sites (tertiary alicyclic amines) is 1. The molecule has 18 heavy (non-hydrogen) atoms. The zero-order valence-corrected chi connectivity index (χ0v) is 12.8. The van der Waals surface area contributed by atoms with Gasteiger partial charge in [0.25, 0.3) is 0 Å². The summed E-state index contributed by atoms with van der Waals surface area (Å²) in [6, 6.07) is 10.8. The lowest BCUT2D eigenvalue weighted by atomic mass is 9.88. The standard InChI is InChI=1S/C13H18N2.3ClH/c1-2-5-12(6-3-1)9-15-10-13(11-15)7-4-8-14-13;;;/h1-3,5-6,14H,4,7-11H2;3*1H. The molecule has 2 fully saturated rings. The fourth-order valence-electron chi connectivity index (χ4n) is 2.90. The van der Waals surface area contributed by atoms with E-state index in [1.807, 2.05) is 0 Å². The number of benzene rings is 1. The van der Waals surface area contributed by atoms with Gasteiger partial charge in [0.15, 0.2) is 0 Å². The van der Waals surface area contributed by atoms with Crippen molar-refractivity contribution < 1.29 is 0 Å². The molecule has 5 heteroatoms. The van der Waals surface area contributed by atoms with Gasteiger partial charge < -0.3 is 5.32 Å². The van der Waals surface area contributed by atoms with E-state index in [0.29, 0.717) is 5.54 Å². The van der Waals surface area contributed by atoms with Gasteiger partial charge in [-0.2, -0.15) is 0 Å². The highest BCUT2D eigenvalue weighted by Gasteiger charge is 2.44. The van der Waals surface area contributed by atoms with Crippen molar-refractivity contribution in [3.8, 4) is 0 Å². The van der Waals surface area contributed by atoms with E-state index in [9.17, 15) is 0 Å². The summed E-state index contributed by atoms with van der Waals surface area (Å²) >= 11 is 0.